The van der Waals surface area contributed by atoms with Gasteiger partial charge in [0.2, 0.25) is 0 Å². The first-order valence-electron chi connectivity index (χ1n) is 6.03. The van der Waals surface area contributed by atoms with E-state index in [4.69, 9.17) is 4.74 Å². The Morgan fingerprint density at radius 1 is 1.42 bits per heavy atom. The van der Waals surface area contributed by atoms with Crippen LogP contribution < -0.4 is 10.4 Å². The van der Waals surface area contributed by atoms with Crippen molar-refractivity contribution in [3.05, 3.63) is 28.7 Å². The maximum Gasteiger partial charge on any atom is 0.327 e. The maximum atomic E-state index is 12.1. The maximum absolute atomic E-state index is 12.1. The summed E-state index contributed by atoms with van der Waals surface area (Å²) >= 11 is 0. The molecule has 1 atom stereocenters. The lowest BCUT2D eigenvalue weighted by atomic mass is 10.2. The van der Waals surface area contributed by atoms with E-state index in [2.05, 4.69) is 4.98 Å². The fourth-order valence-corrected chi connectivity index (χ4v) is 4.54. The number of fused-ring (bicyclic) bond motifs is 1. The third-order valence-electron chi connectivity index (χ3n) is 3.50. The molecule has 3 rings (SSSR count). The Kier molecular flexibility index (Phi) is 2.67. The van der Waals surface area contributed by atoms with Gasteiger partial charge in [-0.1, -0.05) is 6.07 Å². The monoisotopic (exact) mass is 282 g/mol. The van der Waals surface area contributed by atoms with Crippen molar-refractivity contribution in [2.24, 2.45) is 0 Å². The first kappa shape index (κ1) is 12.3. The van der Waals surface area contributed by atoms with Gasteiger partial charge in [0.25, 0.3) is 0 Å². The van der Waals surface area contributed by atoms with Crippen LogP contribution in [0.2, 0.25) is 0 Å². The van der Waals surface area contributed by atoms with Gasteiger partial charge in [-0.05, 0) is 25.0 Å². The summed E-state index contributed by atoms with van der Waals surface area (Å²) in [7, 11) is -1.76. The lowest BCUT2D eigenvalue weighted by Crippen LogP contribution is -2.25. The molecule has 1 unspecified atom stereocenters. The molecule has 6 nitrogen and oxygen atoms in total. The van der Waals surface area contributed by atoms with E-state index in [1.165, 1.54) is 11.7 Å². The van der Waals surface area contributed by atoms with Gasteiger partial charge in [-0.3, -0.25) is 4.57 Å². The minimum Gasteiger partial charge on any atom is -0.494 e. The number of para-hydroxylation sites is 1. The topological polar surface area (TPSA) is 81.2 Å². The van der Waals surface area contributed by atoms with E-state index in [1.807, 2.05) is 0 Å². The number of nitrogens with zero attached hydrogens (tertiary/aromatic N) is 1. The minimum absolute atomic E-state index is 0.131. The smallest absolute Gasteiger partial charge is 0.327 e. The fourth-order valence-electron chi connectivity index (χ4n) is 2.65. The molecule has 102 valence electrons. The molecule has 1 saturated heterocycles. The van der Waals surface area contributed by atoms with Crippen molar-refractivity contribution in [1.29, 1.82) is 0 Å². The number of benzene rings is 1. The van der Waals surface area contributed by atoms with Crippen molar-refractivity contribution in [2.75, 3.05) is 12.9 Å². The molecular weight excluding hydrogens is 268 g/mol. The summed E-state index contributed by atoms with van der Waals surface area (Å²) in [6.07, 6.45) is 1.05. The first-order chi connectivity index (χ1) is 9.04. The highest BCUT2D eigenvalue weighted by atomic mass is 32.2. The lowest BCUT2D eigenvalue weighted by Gasteiger charge is -2.13. The number of hydrogen-bond donors (Lipinski definition) is 1. The van der Waals surface area contributed by atoms with E-state index in [0.29, 0.717) is 29.6 Å². The van der Waals surface area contributed by atoms with Crippen LogP contribution in [0.5, 0.6) is 5.75 Å². The largest absolute Gasteiger partial charge is 0.494 e. The lowest BCUT2D eigenvalue weighted by molar-refractivity contribution is 0.416. The SMILES string of the molecule is COc1cccc2[nH]c(=O)n(C3CCCS3(=O)=O)c12. The van der Waals surface area contributed by atoms with Crippen LogP contribution in [0.1, 0.15) is 18.2 Å². The third kappa shape index (κ3) is 1.76. The predicted octanol–water partition coefficient (Wildman–Crippen LogP) is 1.05. The van der Waals surface area contributed by atoms with E-state index in [9.17, 15) is 13.2 Å². The van der Waals surface area contributed by atoms with E-state index in [0.717, 1.165) is 0 Å². The van der Waals surface area contributed by atoms with Gasteiger partial charge in [-0.2, -0.15) is 0 Å². The second-order valence-electron chi connectivity index (χ2n) is 4.62. The number of aromatic amines is 1. The second kappa shape index (κ2) is 4.12. The average molecular weight is 282 g/mol. The van der Waals surface area contributed by atoms with Gasteiger partial charge in [0.1, 0.15) is 16.6 Å². The zero-order valence-electron chi connectivity index (χ0n) is 10.4. The standard InChI is InChI=1S/C12H14N2O4S/c1-18-9-5-2-4-8-11(9)14(12(15)13-8)10-6-3-7-19(10,16)17/h2,4-5,10H,3,6-7H2,1H3,(H,13,15). The molecule has 0 amide bonds. The number of methoxy groups -OCH3 is 1. The summed E-state index contributed by atoms with van der Waals surface area (Å²) in [6.45, 7) is 0. The van der Waals surface area contributed by atoms with Gasteiger partial charge in [0.15, 0.2) is 9.84 Å². The number of imidazole rings is 1. The van der Waals surface area contributed by atoms with E-state index in [1.54, 1.807) is 18.2 Å². The number of aromatic nitrogens is 2. The molecule has 7 heteroatoms. The molecule has 1 aromatic carbocycles. The normalized spacial score (nSPS) is 21.8. The van der Waals surface area contributed by atoms with Crippen LogP contribution in [0.15, 0.2) is 23.0 Å². The summed E-state index contributed by atoms with van der Waals surface area (Å²) in [5, 5.41) is -0.787. The molecule has 0 spiro atoms. The van der Waals surface area contributed by atoms with Gasteiger partial charge >= 0.3 is 5.69 Å². The van der Waals surface area contributed by atoms with Crippen LogP contribution in [0.3, 0.4) is 0 Å². The van der Waals surface area contributed by atoms with Gasteiger partial charge in [-0.15, -0.1) is 0 Å². The molecule has 1 aliphatic heterocycles. The average Bonchev–Trinajstić information content (AvgIpc) is 2.87. The highest BCUT2D eigenvalue weighted by Gasteiger charge is 2.35. The van der Waals surface area contributed by atoms with Crippen LogP contribution in [0.4, 0.5) is 0 Å². The fraction of sp³-hybridized carbons (Fsp3) is 0.417. The summed E-state index contributed by atoms with van der Waals surface area (Å²) in [5.41, 5.74) is 0.701. The molecule has 1 aromatic heterocycles. The molecule has 0 radical (unpaired) electrons. The van der Waals surface area contributed by atoms with Crippen LogP contribution in [0.25, 0.3) is 11.0 Å². The zero-order chi connectivity index (χ0) is 13.6. The summed E-state index contributed by atoms with van der Waals surface area (Å²) in [5.74, 6) is 0.629. The Bertz CT molecular complexity index is 788. The van der Waals surface area contributed by atoms with Gasteiger partial charge in [0, 0.05) is 0 Å². The summed E-state index contributed by atoms with van der Waals surface area (Å²) < 4.78 is 30.6. The number of nitrogens with one attached hydrogen (secondary N) is 1. The minimum atomic E-state index is -3.26. The molecule has 2 aromatic rings. The van der Waals surface area contributed by atoms with Crippen molar-refractivity contribution < 1.29 is 13.2 Å². The molecule has 1 aliphatic rings. The molecule has 2 heterocycles. The van der Waals surface area contributed by atoms with Gasteiger partial charge < -0.3 is 9.72 Å². The number of rotatable bonds is 2. The second-order valence-corrected chi connectivity index (χ2v) is 6.90. The molecule has 19 heavy (non-hydrogen) atoms. The number of hydrogen-bond acceptors (Lipinski definition) is 4. The highest BCUT2D eigenvalue weighted by molar-refractivity contribution is 7.91. The molecule has 1 N–H and O–H groups in total. The van der Waals surface area contributed by atoms with Gasteiger partial charge in [-0.25, -0.2) is 13.2 Å². The van der Waals surface area contributed by atoms with Gasteiger partial charge in [0.05, 0.1) is 18.4 Å². The van der Waals surface area contributed by atoms with Crippen molar-refractivity contribution in [2.45, 2.75) is 18.2 Å². The molecule has 0 aliphatic carbocycles. The molecule has 0 bridgehead atoms. The summed E-state index contributed by atoms with van der Waals surface area (Å²) in [6, 6.07) is 5.20. The summed E-state index contributed by atoms with van der Waals surface area (Å²) in [4.78, 5) is 14.7. The highest BCUT2D eigenvalue weighted by Crippen LogP contribution is 2.33. The van der Waals surface area contributed by atoms with Crippen molar-refractivity contribution in [3.63, 3.8) is 0 Å². The van der Waals surface area contributed by atoms with Crippen LogP contribution >= 0.6 is 0 Å². The predicted molar refractivity (Wildman–Crippen MR) is 71.2 cm³/mol. The van der Waals surface area contributed by atoms with Crippen molar-refractivity contribution in [1.82, 2.24) is 9.55 Å². The Labute approximate surface area is 109 Å². The number of ether oxygens (including phenoxy) is 1. The Morgan fingerprint density at radius 3 is 2.84 bits per heavy atom. The van der Waals surface area contributed by atoms with Crippen molar-refractivity contribution >= 4 is 20.9 Å². The number of sulfone groups is 1. The Hall–Kier alpha value is -1.76. The van der Waals surface area contributed by atoms with E-state index >= 15 is 0 Å². The van der Waals surface area contributed by atoms with Crippen LogP contribution in [-0.4, -0.2) is 30.8 Å². The third-order valence-corrected chi connectivity index (χ3v) is 5.64. The van der Waals surface area contributed by atoms with Crippen LogP contribution in [-0.2, 0) is 9.84 Å². The molecular formula is C12H14N2O4S. The first-order valence-corrected chi connectivity index (χ1v) is 7.75. The molecule has 0 saturated carbocycles. The van der Waals surface area contributed by atoms with E-state index in [-0.39, 0.29) is 5.75 Å². The molecule has 1 fully saturated rings. The van der Waals surface area contributed by atoms with E-state index < -0.39 is 20.9 Å². The Balaban J connectivity index is 2.35. The quantitative estimate of drug-likeness (QED) is 0.892. The number of H-pyrrole nitrogens is 1. The zero-order valence-corrected chi connectivity index (χ0v) is 11.2. The van der Waals surface area contributed by atoms with Crippen LogP contribution in [0, 0.1) is 0 Å². The van der Waals surface area contributed by atoms with Crippen molar-refractivity contribution in [3.8, 4) is 5.75 Å². The Morgan fingerprint density at radius 2 is 2.21 bits per heavy atom.